The monoisotopic (exact) mass is 404 g/mol. The molecule has 0 saturated carbocycles. The zero-order chi connectivity index (χ0) is 18.2. The van der Waals surface area contributed by atoms with Crippen molar-refractivity contribution in [2.45, 2.75) is 0 Å². The third-order valence-corrected chi connectivity index (χ3v) is 4.15. The van der Waals surface area contributed by atoms with E-state index < -0.39 is 0 Å². The van der Waals surface area contributed by atoms with E-state index in [0.717, 1.165) is 16.6 Å². The molecule has 0 amide bonds. The van der Waals surface area contributed by atoms with E-state index in [1.807, 2.05) is 42.3 Å². The second-order valence-electron chi connectivity index (χ2n) is 5.65. The molecule has 2 rings (SSSR count). The van der Waals surface area contributed by atoms with E-state index in [-0.39, 0.29) is 5.82 Å². The molecule has 0 bridgehead atoms. The van der Waals surface area contributed by atoms with Gasteiger partial charge in [0, 0.05) is 22.6 Å². The molecule has 0 fully saturated rings. The number of hydrogen-bond donors (Lipinski definition) is 1. The summed E-state index contributed by atoms with van der Waals surface area (Å²) in [4.78, 5) is 2.04. The second-order valence-corrected chi connectivity index (χ2v) is 6.57. The first-order valence-corrected chi connectivity index (χ1v) is 8.68. The van der Waals surface area contributed by atoms with Gasteiger partial charge in [0.1, 0.15) is 18.3 Å². The van der Waals surface area contributed by atoms with E-state index >= 15 is 0 Å². The fourth-order valence-corrected chi connectivity index (χ4v) is 2.56. The molecule has 0 unspecified atom stereocenters. The van der Waals surface area contributed by atoms with Gasteiger partial charge in [0.15, 0.2) is 0 Å². The van der Waals surface area contributed by atoms with E-state index in [1.165, 1.54) is 6.07 Å². The molecule has 0 atom stereocenters. The summed E-state index contributed by atoms with van der Waals surface area (Å²) < 4.78 is 20.9. The van der Waals surface area contributed by atoms with Crippen LogP contribution in [-0.2, 0) is 0 Å². The summed E-state index contributed by atoms with van der Waals surface area (Å²) in [5.41, 5.74) is 1.98. The van der Waals surface area contributed by atoms with Crippen molar-refractivity contribution >= 4 is 21.5 Å². The molecule has 0 spiro atoms. The van der Waals surface area contributed by atoms with Gasteiger partial charge in [-0.25, -0.2) is 4.39 Å². The average Bonchev–Trinajstić information content (AvgIpc) is 2.59. The van der Waals surface area contributed by atoms with Crippen LogP contribution < -0.4 is 10.1 Å². The highest BCUT2D eigenvalue weighted by Gasteiger charge is 2.10. The summed E-state index contributed by atoms with van der Waals surface area (Å²) in [6.07, 6.45) is 1.83. The summed E-state index contributed by atoms with van der Waals surface area (Å²) >= 11 is 3.39. The van der Waals surface area contributed by atoms with Crippen molar-refractivity contribution in [2.75, 3.05) is 27.0 Å². The lowest BCUT2D eigenvalue weighted by Crippen LogP contribution is -2.33. The van der Waals surface area contributed by atoms with Gasteiger partial charge in [0.05, 0.1) is 6.67 Å². The van der Waals surface area contributed by atoms with Crippen molar-refractivity contribution in [2.24, 2.45) is 0 Å². The fraction of sp³-hybridized carbons (Fsp3) is 0.200. The van der Waals surface area contributed by atoms with E-state index in [2.05, 4.69) is 34.4 Å². The summed E-state index contributed by atoms with van der Waals surface area (Å²) in [6.45, 7) is 9.43. The van der Waals surface area contributed by atoms with Gasteiger partial charge < -0.3 is 4.74 Å². The normalized spacial score (nSPS) is 10.7. The fourth-order valence-electron chi connectivity index (χ4n) is 2.29. The number of benzene rings is 2. The molecule has 1 N–H and O–H groups in total. The molecule has 132 valence electrons. The minimum atomic E-state index is -0.353. The Morgan fingerprint density at radius 1 is 1.28 bits per heavy atom. The maximum atomic E-state index is 14.4. The lowest BCUT2D eigenvalue weighted by Gasteiger charge is -2.16. The average molecular weight is 405 g/mol. The van der Waals surface area contributed by atoms with Crippen LogP contribution in [-0.4, -0.2) is 31.9 Å². The Kier molecular flexibility index (Phi) is 7.37. The third kappa shape index (κ3) is 5.81. The molecule has 2 aromatic rings. The van der Waals surface area contributed by atoms with Crippen molar-refractivity contribution in [1.29, 1.82) is 0 Å². The highest BCUT2D eigenvalue weighted by molar-refractivity contribution is 9.10. The van der Waals surface area contributed by atoms with Crippen LogP contribution in [0.25, 0.3) is 5.57 Å². The first-order chi connectivity index (χ1) is 12.0. The molecule has 0 aliphatic rings. The van der Waals surface area contributed by atoms with Gasteiger partial charge in [-0.05, 0) is 42.4 Å². The molecule has 2 aromatic carbocycles. The van der Waals surface area contributed by atoms with Crippen LogP contribution in [0.15, 0.2) is 66.2 Å². The van der Waals surface area contributed by atoms with Crippen molar-refractivity contribution < 1.29 is 9.13 Å². The minimum Gasteiger partial charge on any atom is -0.478 e. The molecular weight excluding hydrogens is 383 g/mol. The van der Waals surface area contributed by atoms with Gasteiger partial charge in [-0.15, -0.1) is 6.58 Å². The SMILES string of the molecule is C=CCN(C)CNCOc1ccc(C(=C)c2ccc(Br)cc2)c(F)c1. The van der Waals surface area contributed by atoms with Gasteiger partial charge >= 0.3 is 0 Å². The Balaban J connectivity index is 1.94. The Morgan fingerprint density at radius 2 is 2.00 bits per heavy atom. The zero-order valence-electron chi connectivity index (χ0n) is 14.3. The molecule has 0 radical (unpaired) electrons. The number of nitrogens with zero attached hydrogens (tertiary/aromatic N) is 1. The number of rotatable bonds is 9. The van der Waals surface area contributed by atoms with Gasteiger partial charge in [0.25, 0.3) is 0 Å². The van der Waals surface area contributed by atoms with Crippen molar-refractivity contribution in [3.05, 3.63) is 83.1 Å². The summed E-state index contributed by atoms with van der Waals surface area (Å²) in [7, 11) is 1.97. The molecule has 0 aliphatic carbocycles. The predicted octanol–water partition coefficient (Wildman–Crippen LogP) is 4.65. The summed E-state index contributed by atoms with van der Waals surface area (Å²) in [6, 6.07) is 12.4. The first kappa shape index (κ1) is 19.4. The first-order valence-electron chi connectivity index (χ1n) is 7.89. The van der Waals surface area contributed by atoms with Crippen LogP contribution in [0.1, 0.15) is 11.1 Å². The van der Waals surface area contributed by atoms with Gasteiger partial charge in [-0.3, -0.25) is 10.2 Å². The maximum absolute atomic E-state index is 14.4. The molecule has 0 aliphatic heterocycles. The summed E-state index contributed by atoms with van der Waals surface area (Å²) in [5.74, 6) is 0.123. The molecular formula is C20H22BrFN2O. The smallest absolute Gasteiger partial charge is 0.140 e. The third-order valence-electron chi connectivity index (χ3n) is 3.62. The Labute approximate surface area is 156 Å². The molecule has 0 heterocycles. The summed E-state index contributed by atoms with van der Waals surface area (Å²) in [5, 5.41) is 3.12. The van der Waals surface area contributed by atoms with Crippen molar-refractivity contribution in [3.8, 4) is 5.75 Å². The van der Waals surface area contributed by atoms with Gasteiger partial charge in [-0.2, -0.15) is 0 Å². The molecule has 25 heavy (non-hydrogen) atoms. The Morgan fingerprint density at radius 3 is 2.64 bits per heavy atom. The lowest BCUT2D eigenvalue weighted by atomic mass is 9.99. The number of likely N-dealkylation sites (N-methyl/N-ethyl adjacent to an activating group) is 1. The predicted molar refractivity (Wildman–Crippen MR) is 105 cm³/mol. The largest absolute Gasteiger partial charge is 0.478 e. The van der Waals surface area contributed by atoms with Crippen LogP contribution >= 0.6 is 15.9 Å². The number of hydrogen-bond acceptors (Lipinski definition) is 3. The minimum absolute atomic E-state index is 0.300. The molecule has 0 saturated heterocycles. The van der Waals surface area contributed by atoms with Crippen molar-refractivity contribution in [3.63, 3.8) is 0 Å². The molecule has 5 heteroatoms. The van der Waals surface area contributed by atoms with Crippen molar-refractivity contribution in [1.82, 2.24) is 10.2 Å². The Bertz CT molecular complexity index is 731. The van der Waals surface area contributed by atoms with Gasteiger partial charge in [-0.1, -0.05) is 40.7 Å². The van der Waals surface area contributed by atoms with E-state index in [9.17, 15) is 4.39 Å². The molecule has 3 nitrogen and oxygen atoms in total. The van der Waals surface area contributed by atoms with Gasteiger partial charge in [0.2, 0.25) is 0 Å². The van der Waals surface area contributed by atoms with E-state index in [1.54, 1.807) is 12.1 Å². The number of ether oxygens (including phenoxy) is 1. The number of nitrogens with one attached hydrogen (secondary N) is 1. The standard InChI is InChI=1S/C20H22BrFN2O/c1-4-11-24(3)13-23-14-25-18-9-10-19(20(22)12-18)15(2)16-5-7-17(21)8-6-16/h4-10,12,23H,1-2,11,13-14H2,3H3. The van der Waals surface area contributed by atoms with E-state index in [4.69, 9.17) is 4.74 Å². The topological polar surface area (TPSA) is 24.5 Å². The quantitative estimate of drug-likeness (QED) is 0.374. The zero-order valence-corrected chi connectivity index (χ0v) is 15.9. The second kappa shape index (κ2) is 9.51. The maximum Gasteiger partial charge on any atom is 0.140 e. The van der Waals surface area contributed by atoms with E-state index in [0.29, 0.717) is 30.3 Å². The van der Waals surface area contributed by atoms with Crippen LogP contribution in [0.4, 0.5) is 4.39 Å². The van der Waals surface area contributed by atoms with Crippen LogP contribution in [0, 0.1) is 5.82 Å². The number of halogens is 2. The highest BCUT2D eigenvalue weighted by Crippen LogP contribution is 2.27. The van der Waals surface area contributed by atoms with Crippen LogP contribution in [0.3, 0.4) is 0 Å². The highest BCUT2D eigenvalue weighted by atomic mass is 79.9. The van der Waals surface area contributed by atoms with Crippen LogP contribution in [0.5, 0.6) is 5.75 Å². The molecule has 0 aromatic heterocycles. The lowest BCUT2D eigenvalue weighted by molar-refractivity contribution is 0.238. The van der Waals surface area contributed by atoms with Crippen LogP contribution in [0.2, 0.25) is 0 Å². The Hall–Kier alpha value is -1.95.